The molecule has 0 bridgehead atoms. The Bertz CT molecular complexity index is 1250. The largest absolute Gasteiger partial charge is 0.480 e. The number of anilines is 1. The monoisotopic (exact) mass is 494 g/mol. The van der Waals surface area contributed by atoms with Gasteiger partial charge in [0, 0.05) is 17.6 Å². The lowest BCUT2D eigenvalue weighted by molar-refractivity contribution is -0.136. The van der Waals surface area contributed by atoms with E-state index < -0.39 is 39.4 Å². The zero-order chi connectivity index (χ0) is 24.2. The third-order valence-corrected chi connectivity index (χ3v) is 7.12. The van der Waals surface area contributed by atoms with Gasteiger partial charge in [0.1, 0.15) is 11.6 Å². The topological polar surface area (TPSA) is 86.7 Å². The number of benzene rings is 3. The first-order valence-electron chi connectivity index (χ1n) is 9.86. The van der Waals surface area contributed by atoms with Crippen LogP contribution in [-0.2, 0) is 21.4 Å². The van der Waals surface area contributed by atoms with E-state index in [1.807, 2.05) is 0 Å². The second-order valence-corrected chi connectivity index (χ2v) is 9.47. The molecule has 0 fully saturated rings. The minimum atomic E-state index is -4.35. The minimum Gasteiger partial charge on any atom is -0.480 e. The summed E-state index contributed by atoms with van der Waals surface area (Å²) in [7, 11) is -4.35. The number of hydrogen-bond acceptors (Lipinski definition) is 4. The van der Waals surface area contributed by atoms with E-state index in [0.29, 0.717) is 16.1 Å². The van der Waals surface area contributed by atoms with Crippen molar-refractivity contribution in [1.82, 2.24) is 5.32 Å². The molecule has 3 aromatic carbocycles. The summed E-state index contributed by atoms with van der Waals surface area (Å²) < 4.78 is 57.0. The van der Waals surface area contributed by atoms with Gasteiger partial charge in [-0.2, -0.15) is 0 Å². The van der Waals surface area contributed by atoms with E-state index in [9.17, 15) is 22.0 Å². The van der Waals surface area contributed by atoms with Crippen LogP contribution in [0.25, 0.3) is 0 Å². The normalized spacial score (nSPS) is 12.4. The van der Waals surface area contributed by atoms with Gasteiger partial charge < -0.3 is 10.4 Å². The van der Waals surface area contributed by atoms with Crippen molar-refractivity contribution < 1.29 is 27.1 Å². The highest BCUT2D eigenvalue weighted by molar-refractivity contribution is 7.92. The lowest BCUT2D eigenvalue weighted by Gasteiger charge is -2.32. The second-order valence-electron chi connectivity index (χ2n) is 7.22. The smallest absolute Gasteiger partial charge is 0.317 e. The molecule has 10 heteroatoms. The number of rotatable bonds is 9. The van der Waals surface area contributed by atoms with Gasteiger partial charge in [-0.05, 0) is 54.4 Å². The molecule has 0 aliphatic rings. The Kier molecular flexibility index (Phi) is 7.68. The van der Waals surface area contributed by atoms with Crippen molar-refractivity contribution in [2.75, 3.05) is 10.8 Å². The van der Waals surface area contributed by atoms with E-state index in [0.717, 1.165) is 22.5 Å². The van der Waals surface area contributed by atoms with Crippen LogP contribution in [-0.4, -0.2) is 26.0 Å². The number of sulfonamides is 1. The molecule has 0 aliphatic heterocycles. The van der Waals surface area contributed by atoms with Crippen LogP contribution in [0.15, 0.2) is 71.6 Å². The summed E-state index contributed by atoms with van der Waals surface area (Å²) in [5.74, 6) is -2.76. The van der Waals surface area contributed by atoms with E-state index in [1.165, 1.54) is 24.3 Å². The maximum absolute atomic E-state index is 14.8. The van der Waals surface area contributed by atoms with Gasteiger partial charge in [-0.1, -0.05) is 35.9 Å². The predicted molar refractivity (Wildman–Crippen MR) is 122 cm³/mol. The Hall–Kier alpha value is -3.01. The van der Waals surface area contributed by atoms with Crippen molar-refractivity contribution in [2.24, 2.45) is 0 Å². The van der Waals surface area contributed by atoms with Crippen molar-refractivity contribution in [3.05, 3.63) is 94.5 Å². The molecule has 3 aromatic rings. The number of carbonyl (C=O) groups is 1. The molecule has 0 unspecified atom stereocenters. The molecule has 0 radical (unpaired) electrons. The van der Waals surface area contributed by atoms with Crippen LogP contribution in [0.5, 0.6) is 0 Å². The Labute approximate surface area is 195 Å². The predicted octanol–water partition coefficient (Wildman–Crippen LogP) is 4.75. The first-order valence-corrected chi connectivity index (χ1v) is 11.7. The summed E-state index contributed by atoms with van der Waals surface area (Å²) in [4.78, 5) is 10.7. The minimum absolute atomic E-state index is 0.132. The van der Waals surface area contributed by atoms with Gasteiger partial charge in [0.2, 0.25) is 0 Å². The summed E-state index contributed by atoms with van der Waals surface area (Å²) in [5.41, 5.74) is 0.654. The molecule has 0 aromatic heterocycles. The number of carboxylic acid groups (broad SMARTS) is 1. The van der Waals surface area contributed by atoms with Gasteiger partial charge >= 0.3 is 5.97 Å². The Morgan fingerprint density at radius 1 is 1.09 bits per heavy atom. The number of halogens is 3. The molecule has 2 N–H and O–H groups in total. The lowest BCUT2D eigenvalue weighted by Crippen LogP contribution is -2.35. The summed E-state index contributed by atoms with van der Waals surface area (Å²) in [6.07, 6.45) is 0. The van der Waals surface area contributed by atoms with E-state index in [2.05, 4.69) is 5.32 Å². The molecular formula is C23H21ClF2N2O4S. The third kappa shape index (κ3) is 5.68. The van der Waals surface area contributed by atoms with Gasteiger partial charge in [0.15, 0.2) is 0 Å². The number of nitrogens with zero attached hydrogens (tertiary/aromatic N) is 1. The standard InChI is InChI=1S/C23H21ClF2N2O4S/c1-15(20-5-3-2-4-16(20)13-27-14-23(29)30)28(22-12-18(25)8-11-21(22)26)33(31,32)19-9-6-17(24)7-10-19/h2-12,15,27H,13-14H2,1H3,(H,29,30)/t15-/m1/s1. The van der Waals surface area contributed by atoms with Crippen LogP contribution >= 0.6 is 11.6 Å². The summed E-state index contributed by atoms with van der Waals surface area (Å²) in [6, 6.07) is 13.7. The fraction of sp³-hybridized carbons (Fsp3) is 0.174. The average Bonchev–Trinajstić information content (AvgIpc) is 2.76. The zero-order valence-corrected chi connectivity index (χ0v) is 19.1. The van der Waals surface area contributed by atoms with E-state index in [-0.39, 0.29) is 18.0 Å². The van der Waals surface area contributed by atoms with E-state index in [4.69, 9.17) is 16.7 Å². The van der Waals surface area contributed by atoms with Gasteiger partial charge in [0.25, 0.3) is 10.0 Å². The molecule has 3 rings (SSSR count). The molecule has 1 atom stereocenters. The summed E-state index contributed by atoms with van der Waals surface area (Å²) in [6.45, 7) is 1.38. The van der Waals surface area contributed by atoms with Crippen LogP contribution < -0.4 is 9.62 Å². The second kappa shape index (κ2) is 10.3. The summed E-state index contributed by atoms with van der Waals surface area (Å²) >= 11 is 5.89. The molecule has 0 saturated heterocycles. The first kappa shape index (κ1) is 24.6. The molecule has 0 heterocycles. The van der Waals surface area contributed by atoms with Crippen LogP contribution in [0.4, 0.5) is 14.5 Å². The van der Waals surface area contributed by atoms with Crippen LogP contribution in [0.1, 0.15) is 24.1 Å². The maximum Gasteiger partial charge on any atom is 0.317 e. The highest BCUT2D eigenvalue weighted by Crippen LogP contribution is 2.36. The molecule has 0 amide bonds. The quantitative estimate of drug-likeness (QED) is 0.448. The van der Waals surface area contributed by atoms with Crippen molar-refractivity contribution >= 4 is 33.3 Å². The molecule has 33 heavy (non-hydrogen) atoms. The van der Waals surface area contributed by atoms with Gasteiger partial charge in [-0.25, -0.2) is 17.2 Å². The molecule has 0 aliphatic carbocycles. The average molecular weight is 495 g/mol. The fourth-order valence-electron chi connectivity index (χ4n) is 3.45. The van der Waals surface area contributed by atoms with Crippen molar-refractivity contribution in [1.29, 1.82) is 0 Å². The highest BCUT2D eigenvalue weighted by Gasteiger charge is 2.33. The number of carboxylic acids is 1. The van der Waals surface area contributed by atoms with Gasteiger partial charge in [0.05, 0.1) is 23.2 Å². The molecule has 6 nitrogen and oxygen atoms in total. The number of hydrogen-bond donors (Lipinski definition) is 2. The lowest BCUT2D eigenvalue weighted by atomic mass is 10.0. The Morgan fingerprint density at radius 3 is 2.42 bits per heavy atom. The fourth-order valence-corrected chi connectivity index (χ4v) is 5.22. The molecule has 0 spiro atoms. The van der Waals surface area contributed by atoms with Crippen molar-refractivity contribution in [2.45, 2.75) is 24.4 Å². The summed E-state index contributed by atoms with van der Waals surface area (Å²) in [5, 5.41) is 12.0. The Morgan fingerprint density at radius 2 is 1.76 bits per heavy atom. The Balaban J connectivity index is 2.14. The van der Waals surface area contributed by atoms with Gasteiger partial charge in [-0.15, -0.1) is 0 Å². The van der Waals surface area contributed by atoms with Crippen LogP contribution in [0, 0.1) is 11.6 Å². The van der Waals surface area contributed by atoms with Crippen LogP contribution in [0.3, 0.4) is 0 Å². The van der Waals surface area contributed by atoms with E-state index in [1.54, 1.807) is 31.2 Å². The molecule has 0 saturated carbocycles. The zero-order valence-electron chi connectivity index (χ0n) is 17.5. The SMILES string of the molecule is C[C@H](c1ccccc1CNCC(=O)O)N(c1cc(F)ccc1F)S(=O)(=O)c1ccc(Cl)cc1. The van der Waals surface area contributed by atoms with Crippen molar-refractivity contribution in [3.63, 3.8) is 0 Å². The third-order valence-electron chi connectivity index (χ3n) is 4.96. The molecular weight excluding hydrogens is 474 g/mol. The number of nitrogens with one attached hydrogen (secondary N) is 1. The van der Waals surface area contributed by atoms with Crippen LogP contribution in [0.2, 0.25) is 5.02 Å². The van der Waals surface area contributed by atoms with Gasteiger partial charge in [-0.3, -0.25) is 9.10 Å². The number of aliphatic carboxylic acids is 1. The van der Waals surface area contributed by atoms with Crippen molar-refractivity contribution in [3.8, 4) is 0 Å². The highest BCUT2D eigenvalue weighted by atomic mass is 35.5. The van der Waals surface area contributed by atoms with E-state index >= 15 is 0 Å². The first-order chi connectivity index (χ1) is 15.6. The maximum atomic E-state index is 14.8. The molecule has 174 valence electrons.